The van der Waals surface area contributed by atoms with E-state index in [1.165, 1.54) is 18.9 Å². The number of pyridine rings is 1. The van der Waals surface area contributed by atoms with Gasteiger partial charge in [-0.1, -0.05) is 0 Å². The average Bonchev–Trinajstić information content (AvgIpc) is 2.86. The van der Waals surface area contributed by atoms with E-state index in [0.29, 0.717) is 22.4 Å². The van der Waals surface area contributed by atoms with Crippen LogP contribution in [-0.2, 0) is 0 Å². The van der Waals surface area contributed by atoms with E-state index in [2.05, 4.69) is 24.9 Å². The first kappa shape index (κ1) is 10.3. The predicted octanol–water partition coefficient (Wildman–Crippen LogP) is 1.11. The van der Waals surface area contributed by atoms with Crippen LogP contribution in [0.25, 0.3) is 22.4 Å². The van der Waals surface area contributed by atoms with Crippen molar-refractivity contribution in [3.8, 4) is 11.3 Å². The van der Waals surface area contributed by atoms with Crippen LogP contribution < -0.4 is 0 Å². The van der Waals surface area contributed by atoms with Gasteiger partial charge in [-0.25, -0.2) is 24.7 Å². The summed E-state index contributed by atoms with van der Waals surface area (Å²) >= 11 is 0. The van der Waals surface area contributed by atoms with Gasteiger partial charge >= 0.3 is 5.97 Å². The minimum Gasteiger partial charge on any atom is -0.476 e. The fraction of sp³-hybridized carbons (Fsp3) is 0. The van der Waals surface area contributed by atoms with Crippen LogP contribution in [0.1, 0.15) is 10.5 Å². The molecule has 0 saturated carbocycles. The highest BCUT2D eigenvalue weighted by atomic mass is 16.4. The first-order valence-electron chi connectivity index (χ1n) is 5.10. The van der Waals surface area contributed by atoms with Crippen LogP contribution in [0.2, 0.25) is 0 Å². The molecule has 3 heterocycles. The van der Waals surface area contributed by atoms with Crippen LogP contribution in [0.4, 0.5) is 0 Å². The summed E-state index contributed by atoms with van der Waals surface area (Å²) in [5.41, 5.74) is 1.94. The number of rotatable bonds is 2. The molecule has 0 atom stereocenters. The summed E-state index contributed by atoms with van der Waals surface area (Å²) in [6, 6.07) is 3.31. The lowest BCUT2D eigenvalue weighted by atomic mass is 10.1. The molecule has 3 rings (SSSR count). The highest BCUT2D eigenvalue weighted by molar-refractivity contribution is 5.97. The van der Waals surface area contributed by atoms with E-state index < -0.39 is 5.97 Å². The quantitative estimate of drug-likeness (QED) is 0.696. The second-order valence-corrected chi connectivity index (χ2v) is 3.53. The second kappa shape index (κ2) is 3.88. The highest BCUT2D eigenvalue weighted by Gasteiger charge is 2.16. The predicted molar refractivity (Wildman–Crippen MR) is 61.9 cm³/mol. The van der Waals surface area contributed by atoms with E-state index in [9.17, 15) is 4.79 Å². The van der Waals surface area contributed by atoms with Gasteiger partial charge in [0.1, 0.15) is 17.5 Å². The van der Waals surface area contributed by atoms with Crippen molar-refractivity contribution in [1.29, 1.82) is 0 Å². The summed E-state index contributed by atoms with van der Waals surface area (Å²) in [7, 11) is 0. The third kappa shape index (κ3) is 1.49. The average molecular weight is 241 g/mol. The van der Waals surface area contributed by atoms with E-state index in [1.807, 2.05) is 0 Å². The number of carbonyl (C=O) groups is 1. The SMILES string of the molecule is O=C(O)c1ncccc1-c1ncnc2nc[nH]c12. The molecule has 3 aromatic heterocycles. The standard InChI is InChI=1S/C11H7N5O2/c17-11(18)8-6(2-1-3-12-8)7-9-10(15-4-13-7)16-5-14-9/h1-5H,(H,17,18)(H,13,14,15,16). The van der Waals surface area contributed by atoms with Crippen molar-refractivity contribution in [3.63, 3.8) is 0 Å². The molecule has 0 aliphatic rings. The van der Waals surface area contributed by atoms with Crippen molar-refractivity contribution >= 4 is 17.1 Å². The maximum absolute atomic E-state index is 11.1. The second-order valence-electron chi connectivity index (χ2n) is 3.53. The summed E-state index contributed by atoms with van der Waals surface area (Å²) in [6.07, 6.45) is 4.26. The van der Waals surface area contributed by atoms with Gasteiger partial charge in [0, 0.05) is 11.8 Å². The Hall–Kier alpha value is -2.83. The molecule has 0 aromatic carbocycles. The van der Waals surface area contributed by atoms with Gasteiger partial charge in [0.15, 0.2) is 11.3 Å². The molecule has 0 saturated heterocycles. The van der Waals surface area contributed by atoms with Crippen molar-refractivity contribution in [2.24, 2.45) is 0 Å². The smallest absolute Gasteiger partial charge is 0.355 e. The Morgan fingerprint density at radius 1 is 1.22 bits per heavy atom. The number of imidazole rings is 1. The topological polar surface area (TPSA) is 105 Å². The Bertz CT molecular complexity index is 737. The fourth-order valence-corrected chi connectivity index (χ4v) is 1.74. The molecule has 0 aliphatic heterocycles. The summed E-state index contributed by atoms with van der Waals surface area (Å²) in [5, 5.41) is 9.12. The van der Waals surface area contributed by atoms with Gasteiger partial charge < -0.3 is 10.1 Å². The zero-order chi connectivity index (χ0) is 12.5. The molecule has 18 heavy (non-hydrogen) atoms. The lowest BCUT2D eigenvalue weighted by molar-refractivity contribution is 0.0691. The minimum absolute atomic E-state index is 0.0490. The number of aromatic carboxylic acids is 1. The van der Waals surface area contributed by atoms with Crippen LogP contribution in [0.15, 0.2) is 31.0 Å². The van der Waals surface area contributed by atoms with Gasteiger partial charge in [-0.3, -0.25) is 0 Å². The fourth-order valence-electron chi connectivity index (χ4n) is 1.74. The number of nitrogens with one attached hydrogen (secondary N) is 1. The number of aromatic amines is 1. The van der Waals surface area contributed by atoms with E-state index in [4.69, 9.17) is 5.11 Å². The molecular weight excluding hydrogens is 234 g/mol. The molecule has 0 bridgehead atoms. The molecule has 7 nitrogen and oxygen atoms in total. The van der Waals surface area contributed by atoms with Crippen LogP contribution in [0.3, 0.4) is 0 Å². The Morgan fingerprint density at radius 2 is 2.11 bits per heavy atom. The van der Waals surface area contributed by atoms with Crippen molar-refractivity contribution in [1.82, 2.24) is 24.9 Å². The van der Waals surface area contributed by atoms with Crippen LogP contribution >= 0.6 is 0 Å². The lowest BCUT2D eigenvalue weighted by Crippen LogP contribution is -2.03. The van der Waals surface area contributed by atoms with E-state index in [-0.39, 0.29) is 5.69 Å². The molecule has 0 amide bonds. The summed E-state index contributed by atoms with van der Waals surface area (Å²) < 4.78 is 0. The number of hydrogen-bond acceptors (Lipinski definition) is 5. The van der Waals surface area contributed by atoms with Crippen molar-refractivity contribution in [3.05, 3.63) is 36.7 Å². The molecule has 0 aliphatic carbocycles. The van der Waals surface area contributed by atoms with Gasteiger partial charge in [-0.2, -0.15) is 0 Å². The minimum atomic E-state index is -1.10. The maximum atomic E-state index is 11.1. The molecule has 88 valence electrons. The Labute approximate surface area is 101 Å². The molecule has 3 aromatic rings. The summed E-state index contributed by atoms with van der Waals surface area (Å²) in [4.78, 5) is 30.0. The molecule has 0 spiro atoms. The monoisotopic (exact) mass is 241 g/mol. The number of aromatic nitrogens is 5. The van der Waals surface area contributed by atoms with Crippen LogP contribution in [0, 0.1) is 0 Å². The number of carboxylic acid groups (broad SMARTS) is 1. The van der Waals surface area contributed by atoms with Gasteiger partial charge in [0.05, 0.1) is 6.33 Å². The normalized spacial score (nSPS) is 10.7. The number of H-pyrrole nitrogens is 1. The number of hydrogen-bond donors (Lipinski definition) is 2. The zero-order valence-electron chi connectivity index (χ0n) is 9.03. The molecule has 0 unspecified atom stereocenters. The molecular formula is C11H7N5O2. The summed E-state index contributed by atoms with van der Waals surface area (Å²) in [6.45, 7) is 0. The van der Waals surface area contributed by atoms with Crippen LogP contribution in [-0.4, -0.2) is 36.0 Å². The largest absolute Gasteiger partial charge is 0.476 e. The third-order valence-electron chi connectivity index (χ3n) is 2.49. The van der Waals surface area contributed by atoms with E-state index >= 15 is 0 Å². The van der Waals surface area contributed by atoms with E-state index in [1.54, 1.807) is 12.1 Å². The first-order chi connectivity index (χ1) is 8.77. The molecule has 0 radical (unpaired) electrons. The third-order valence-corrected chi connectivity index (χ3v) is 2.49. The van der Waals surface area contributed by atoms with Crippen molar-refractivity contribution < 1.29 is 9.90 Å². The number of carboxylic acids is 1. The Kier molecular flexibility index (Phi) is 2.23. The molecule has 0 fully saturated rings. The zero-order valence-corrected chi connectivity index (χ0v) is 9.03. The first-order valence-corrected chi connectivity index (χ1v) is 5.10. The van der Waals surface area contributed by atoms with Crippen LogP contribution in [0.5, 0.6) is 0 Å². The van der Waals surface area contributed by atoms with Gasteiger partial charge in [-0.15, -0.1) is 0 Å². The molecule has 2 N–H and O–H groups in total. The Balaban J connectivity index is 2.33. The van der Waals surface area contributed by atoms with Gasteiger partial charge in [-0.05, 0) is 12.1 Å². The number of fused-ring (bicyclic) bond motifs is 1. The van der Waals surface area contributed by atoms with Crippen molar-refractivity contribution in [2.75, 3.05) is 0 Å². The molecule has 7 heteroatoms. The lowest BCUT2D eigenvalue weighted by Gasteiger charge is -2.04. The maximum Gasteiger partial charge on any atom is 0.355 e. The van der Waals surface area contributed by atoms with Crippen molar-refractivity contribution in [2.45, 2.75) is 0 Å². The highest BCUT2D eigenvalue weighted by Crippen LogP contribution is 2.24. The number of nitrogens with zero attached hydrogens (tertiary/aromatic N) is 4. The van der Waals surface area contributed by atoms with Gasteiger partial charge in [0.2, 0.25) is 0 Å². The van der Waals surface area contributed by atoms with Gasteiger partial charge in [0.25, 0.3) is 0 Å². The van der Waals surface area contributed by atoms with E-state index in [0.717, 1.165) is 0 Å². The summed E-state index contributed by atoms with van der Waals surface area (Å²) in [5.74, 6) is -1.10. The Morgan fingerprint density at radius 3 is 2.94 bits per heavy atom.